The second-order valence-electron chi connectivity index (χ2n) is 7.57. The average Bonchev–Trinajstić information content (AvgIpc) is 3.45. The molecule has 3 heterocycles. The summed E-state index contributed by atoms with van der Waals surface area (Å²) in [4.78, 5) is 30.0. The van der Waals surface area contributed by atoms with Crippen LogP contribution in [0, 0.1) is 6.92 Å². The minimum Gasteiger partial charge on any atom is -0.501 e. The molecule has 11 heteroatoms. The van der Waals surface area contributed by atoms with Gasteiger partial charge in [-0.05, 0) is 24.6 Å². The fraction of sp³-hybridized carbons (Fsp3) is 0.227. The third kappa shape index (κ3) is 4.12. The smallest absolute Gasteiger partial charge is 0.296 e. The number of aryl methyl sites for hydroxylation is 1. The quantitative estimate of drug-likeness (QED) is 0.444. The largest absolute Gasteiger partial charge is 0.501 e. The molecule has 170 valence electrons. The van der Waals surface area contributed by atoms with E-state index in [4.69, 9.17) is 16.1 Å². The molecular formula is C22H21ClN6O4. The third-order valence-corrected chi connectivity index (χ3v) is 5.79. The highest BCUT2D eigenvalue weighted by Crippen LogP contribution is 2.37. The lowest BCUT2D eigenvalue weighted by molar-refractivity contribution is 0.101. The lowest BCUT2D eigenvalue weighted by Crippen LogP contribution is -2.31. The summed E-state index contributed by atoms with van der Waals surface area (Å²) in [5, 5.41) is 21.4. The van der Waals surface area contributed by atoms with E-state index in [1.807, 2.05) is 38.1 Å². The number of anilines is 1. The fourth-order valence-electron chi connectivity index (χ4n) is 3.77. The van der Waals surface area contributed by atoms with E-state index >= 15 is 0 Å². The summed E-state index contributed by atoms with van der Waals surface area (Å²) in [5.74, 6) is -1.73. The van der Waals surface area contributed by atoms with Crippen LogP contribution in [0.25, 0.3) is 0 Å². The molecule has 0 aliphatic carbocycles. The van der Waals surface area contributed by atoms with Crippen molar-refractivity contribution in [1.29, 1.82) is 0 Å². The number of benzene rings is 1. The SMILES string of the molecule is Cc1ccnn1C(c1ccccc1Cl)C(C)c1nc(C(=O)Nc2cnoc2)c(O)c(=O)n1C. The summed E-state index contributed by atoms with van der Waals surface area (Å²) in [7, 11) is 1.49. The molecule has 2 unspecified atom stereocenters. The maximum atomic E-state index is 12.8. The minimum absolute atomic E-state index is 0.262. The molecule has 0 saturated heterocycles. The Bertz CT molecular complexity index is 1360. The second kappa shape index (κ2) is 8.91. The van der Waals surface area contributed by atoms with Crippen LogP contribution >= 0.6 is 11.6 Å². The van der Waals surface area contributed by atoms with Gasteiger partial charge in [0.25, 0.3) is 11.5 Å². The van der Waals surface area contributed by atoms with Gasteiger partial charge in [0.15, 0.2) is 5.69 Å². The van der Waals surface area contributed by atoms with Gasteiger partial charge in [-0.25, -0.2) is 4.98 Å². The Labute approximate surface area is 193 Å². The van der Waals surface area contributed by atoms with Gasteiger partial charge in [0, 0.05) is 29.9 Å². The number of nitrogens with zero attached hydrogens (tertiary/aromatic N) is 5. The van der Waals surface area contributed by atoms with Crippen molar-refractivity contribution < 1.29 is 14.4 Å². The van der Waals surface area contributed by atoms with Gasteiger partial charge in [-0.3, -0.25) is 18.8 Å². The standard InChI is InChI=1S/C22H21ClN6O4/c1-12-8-9-24-29(12)18(15-6-4-5-7-16(15)23)13(2)20-27-17(19(30)22(32)28(20)3)21(31)26-14-10-25-33-11-14/h4-11,13,18,30H,1-3H3,(H,26,31). The molecule has 0 bridgehead atoms. The van der Waals surface area contributed by atoms with Crippen LogP contribution in [0.2, 0.25) is 5.02 Å². The molecule has 0 fully saturated rings. The molecule has 1 amide bonds. The summed E-state index contributed by atoms with van der Waals surface area (Å²) in [6, 6.07) is 8.76. The zero-order valence-electron chi connectivity index (χ0n) is 18.1. The van der Waals surface area contributed by atoms with Gasteiger partial charge in [-0.15, -0.1) is 0 Å². The van der Waals surface area contributed by atoms with Crippen molar-refractivity contribution >= 4 is 23.2 Å². The Balaban J connectivity index is 1.84. The fourth-order valence-corrected chi connectivity index (χ4v) is 4.02. The predicted molar refractivity (Wildman–Crippen MR) is 121 cm³/mol. The summed E-state index contributed by atoms with van der Waals surface area (Å²) in [6.45, 7) is 3.76. The first-order valence-electron chi connectivity index (χ1n) is 10.0. The summed E-state index contributed by atoms with van der Waals surface area (Å²) >= 11 is 6.53. The van der Waals surface area contributed by atoms with Gasteiger partial charge < -0.3 is 14.9 Å². The first-order chi connectivity index (χ1) is 15.8. The molecule has 4 aromatic rings. The maximum Gasteiger partial charge on any atom is 0.296 e. The molecule has 0 spiro atoms. The summed E-state index contributed by atoms with van der Waals surface area (Å²) < 4.78 is 7.71. The predicted octanol–water partition coefficient (Wildman–Crippen LogP) is 3.28. The van der Waals surface area contributed by atoms with Crippen LogP contribution < -0.4 is 10.9 Å². The molecule has 4 rings (SSSR count). The molecule has 3 aromatic heterocycles. The van der Waals surface area contributed by atoms with E-state index in [9.17, 15) is 14.7 Å². The van der Waals surface area contributed by atoms with E-state index in [-0.39, 0.29) is 11.5 Å². The Kier molecular flexibility index (Phi) is 6.01. The van der Waals surface area contributed by atoms with Crippen LogP contribution in [0.3, 0.4) is 0 Å². The molecule has 0 aliphatic rings. The molecule has 10 nitrogen and oxygen atoms in total. The van der Waals surface area contributed by atoms with Gasteiger partial charge in [-0.2, -0.15) is 5.10 Å². The topological polar surface area (TPSA) is 128 Å². The van der Waals surface area contributed by atoms with Gasteiger partial charge >= 0.3 is 0 Å². The van der Waals surface area contributed by atoms with Gasteiger partial charge in [0.05, 0.1) is 12.2 Å². The van der Waals surface area contributed by atoms with Gasteiger partial charge in [0.2, 0.25) is 5.75 Å². The van der Waals surface area contributed by atoms with E-state index in [1.54, 1.807) is 16.9 Å². The zero-order valence-corrected chi connectivity index (χ0v) is 18.8. The maximum absolute atomic E-state index is 12.8. The number of hydrogen-bond donors (Lipinski definition) is 2. The number of halogens is 1. The highest BCUT2D eigenvalue weighted by molar-refractivity contribution is 6.31. The van der Waals surface area contributed by atoms with E-state index in [2.05, 4.69) is 20.6 Å². The van der Waals surface area contributed by atoms with Gasteiger partial charge in [0.1, 0.15) is 17.8 Å². The van der Waals surface area contributed by atoms with Crippen molar-refractivity contribution in [2.24, 2.45) is 7.05 Å². The monoisotopic (exact) mass is 468 g/mol. The first-order valence-corrected chi connectivity index (χ1v) is 10.4. The van der Waals surface area contributed by atoms with Crippen LogP contribution in [0.15, 0.2) is 58.3 Å². The Morgan fingerprint density at radius 1 is 1.27 bits per heavy atom. The van der Waals surface area contributed by atoms with E-state index in [0.29, 0.717) is 5.02 Å². The van der Waals surface area contributed by atoms with Crippen LogP contribution in [-0.4, -0.2) is 35.5 Å². The van der Waals surface area contributed by atoms with Crippen molar-refractivity contribution in [3.63, 3.8) is 0 Å². The number of aromatic hydroxyl groups is 1. The molecule has 0 aliphatic heterocycles. The zero-order chi connectivity index (χ0) is 23.7. The summed E-state index contributed by atoms with van der Waals surface area (Å²) in [6.07, 6.45) is 4.17. The van der Waals surface area contributed by atoms with Crippen LogP contribution in [0.1, 0.15) is 46.5 Å². The first kappa shape index (κ1) is 22.3. The van der Waals surface area contributed by atoms with E-state index in [1.165, 1.54) is 24.1 Å². The number of carbonyl (C=O) groups is 1. The number of hydrogen-bond acceptors (Lipinski definition) is 7. The molecule has 0 radical (unpaired) electrons. The number of aromatic nitrogens is 5. The molecule has 1 aromatic carbocycles. The normalized spacial score (nSPS) is 13.0. The third-order valence-electron chi connectivity index (χ3n) is 5.44. The van der Waals surface area contributed by atoms with Crippen LogP contribution in [0.5, 0.6) is 5.75 Å². The second-order valence-corrected chi connectivity index (χ2v) is 7.98. The average molecular weight is 469 g/mol. The number of carbonyl (C=O) groups excluding carboxylic acids is 1. The number of nitrogens with one attached hydrogen (secondary N) is 1. The molecule has 33 heavy (non-hydrogen) atoms. The van der Waals surface area contributed by atoms with Crippen LogP contribution in [0.4, 0.5) is 5.69 Å². The highest BCUT2D eigenvalue weighted by atomic mass is 35.5. The molecule has 2 atom stereocenters. The van der Waals surface area contributed by atoms with E-state index in [0.717, 1.165) is 11.3 Å². The summed E-state index contributed by atoms with van der Waals surface area (Å²) in [5.41, 5.74) is 0.753. The number of amides is 1. The Morgan fingerprint density at radius 2 is 2.03 bits per heavy atom. The lowest BCUT2D eigenvalue weighted by Gasteiger charge is -2.28. The number of rotatable bonds is 6. The minimum atomic E-state index is -0.772. The Hall–Kier alpha value is -3.92. The van der Waals surface area contributed by atoms with Crippen LogP contribution in [-0.2, 0) is 7.05 Å². The molecule has 0 saturated carbocycles. The van der Waals surface area contributed by atoms with Crippen molar-refractivity contribution in [2.75, 3.05) is 5.32 Å². The van der Waals surface area contributed by atoms with Crippen molar-refractivity contribution in [2.45, 2.75) is 25.8 Å². The van der Waals surface area contributed by atoms with E-state index < -0.39 is 34.9 Å². The van der Waals surface area contributed by atoms with Crippen molar-refractivity contribution in [3.8, 4) is 5.75 Å². The Morgan fingerprint density at radius 3 is 2.67 bits per heavy atom. The van der Waals surface area contributed by atoms with Crippen molar-refractivity contribution in [3.05, 3.63) is 87.1 Å². The van der Waals surface area contributed by atoms with Crippen molar-refractivity contribution in [1.82, 2.24) is 24.5 Å². The van der Waals surface area contributed by atoms with Gasteiger partial charge in [-0.1, -0.05) is 41.9 Å². The molecular weight excluding hydrogens is 448 g/mol. The molecule has 2 N–H and O–H groups in total. The highest BCUT2D eigenvalue weighted by Gasteiger charge is 2.31. The lowest BCUT2D eigenvalue weighted by atomic mass is 9.93.